The maximum Gasteiger partial charge on any atom is 0.256 e. The SMILES string of the molecule is Cc1ccc2c(c1)OCCCNC(=O)C1(CCCCNC2=O)CCN(C(=O)c2c(Cl)cccc2Cl)CC1. The van der Waals surface area contributed by atoms with Gasteiger partial charge in [-0.2, -0.15) is 0 Å². The molecule has 0 aliphatic carbocycles. The van der Waals surface area contributed by atoms with Crippen molar-refractivity contribution in [1.29, 1.82) is 0 Å². The van der Waals surface area contributed by atoms with Gasteiger partial charge in [0, 0.05) is 26.2 Å². The number of halogens is 2. The van der Waals surface area contributed by atoms with E-state index >= 15 is 0 Å². The molecule has 2 aliphatic rings. The summed E-state index contributed by atoms with van der Waals surface area (Å²) in [6.45, 7) is 4.23. The summed E-state index contributed by atoms with van der Waals surface area (Å²) in [5.41, 5.74) is 1.28. The second kappa shape index (κ2) is 12.2. The number of hydrogen-bond donors (Lipinski definition) is 2. The molecule has 0 aromatic heterocycles. The number of benzene rings is 2. The Morgan fingerprint density at radius 2 is 1.65 bits per heavy atom. The molecule has 1 spiro atoms. The lowest BCUT2D eigenvalue weighted by molar-refractivity contribution is -0.134. The van der Waals surface area contributed by atoms with Crippen LogP contribution in [0.25, 0.3) is 0 Å². The summed E-state index contributed by atoms with van der Waals surface area (Å²) in [6, 6.07) is 10.6. The van der Waals surface area contributed by atoms with E-state index in [0.29, 0.717) is 85.4 Å². The third-order valence-corrected chi connectivity index (χ3v) is 7.91. The number of hydrogen-bond acceptors (Lipinski definition) is 4. The molecule has 0 atom stereocenters. The maximum atomic E-state index is 13.4. The van der Waals surface area contributed by atoms with Crippen molar-refractivity contribution in [2.75, 3.05) is 32.8 Å². The van der Waals surface area contributed by atoms with Gasteiger partial charge in [0.25, 0.3) is 11.8 Å². The molecule has 2 heterocycles. The van der Waals surface area contributed by atoms with Crippen LogP contribution in [0.5, 0.6) is 5.75 Å². The summed E-state index contributed by atoms with van der Waals surface area (Å²) in [6.07, 6.45) is 3.96. The Balaban J connectivity index is 1.43. The number of likely N-dealkylation sites (tertiary alicyclic amines) is 1. The first-order valence-electron chi connectivity index (χ1n) is 12.8. The number of piperidine rings is 1. The highest BCUT2D eigenvalue weighted by Crippen LogP contribution is 2.38. The first-order chi connectivity index (χ1) is 17.8. The van der Waals surface area contributed by atoms with E-state index < -0.39 is 5.41 Å². The Hall–Kier alpha value is -2.77. The van der Waals surface area contributed by atoms with Gasteiger partial charge in [0.15, 0.2) is 0 Å². The first-order valence-corrected chi connectivity index (χ1v) is 13.6. The van der Waals surface area contributed by atoms with E-state index in [9.17, 15) is 14.4 Å². The van der Waals surface area contributed by atoms with E-state index in [0.717, 1.165) is 18.4 Å². The largest absolute Gasteiger partial charge is 0.493 e. The standard InChI is InChI=1S/C28H33Cl2N3O4/c1-19-8-9-20-23(18-19)37-17-5-14-32-27(36)28(10-2-3-13-31-25(20)34)11-15-33(16-12-28)26(35)24-21(29)6-4-7-22(24)30/h4,6-9,18H,2-3,5,10-17H2,1H3,(H,31,34)(H,32,36). The lowest BCUT2D eigenvalue weighted by atomic mass is 9.73. The number of aryl methyl sites for hydroxylation is 1. The fourth-order valence-electron chi connectivity index (χ4n) is 5.05. The minimum Gasteiger partial charge on any atom is -0.493 e. The molecule has 2 N–H and O–H groups in total. The number of carbonyl (C=O) groups excluding carboxylic acids is 3. The zero-order valence-electron chi connectivity index (χ0n) is 21.1. The maximum absolute atomic E-state index is 13.4. The van der Waals surface area contributed by atoms with Crippen LogP contribution in [0.1, 0.15) is 64.8 Å². The summed E-state index contributed by atoms with van der Waals surface area (Å²) in [7, 11) is 0. The van der Waals surface area contributed by atoms with Crippen molar-refractivity contribution in [2.24, 2.45) is 5.41 Å². The smallest absolute Gasteiger partial charge is 0.256 e. The minimum atomic E-state index is -0.563. The predicted molar refractivity (Wildman–Crippen MR) is 145 cm³/mol. The fourth-order valence-corrected chi connectivity index (χ4v) is 5.61. The molecule has 2 aromatic rings. The zero-order chi connectivity index (χ0) is 26.4. The number of rotatable bonds is 1. The summed E-state index contributed by atoms with van der Waals surface area (Å²) >= 11 is 12.5. The molecule has 2 aliphatic heterocycles. The molecule has 2 aromatic carbocycles. The predicted octanol–water partition coefficient (Wildman–Crippen LogP) is 5.02. The van der Waals surface area contributed by atoms with E-state index in [1.165, 1.54) is 0 Å². The van der Waals surface area contributed by atoms with E-state index in [4.69, 9.17) is 27.9 Å². The van der Waals surface area contributed by atoms with Gasteiger partial charge >= 0.3 is 0 Å². The van der Waals surface area contributed by atoms with Gasteiger partial charge in [-0.05, 0) is 68.9 Å². The fraction of sp³-hybridized carbons (Fsp3) is 0.464. The van der Waals surface area contributed by atoms with Crippen LogP contribution in [0.3, 0.4) is 0 Å². The van der Waals surface area contributed by atoms with Crippen LogP contribution in [0.4, 0.5) is 0 Å². The van der Waals surface area contributed by atoms with Crippen molar-refractivity contribution in [1.82, 2.24) is 15.5 Å². The Morgan fingerprint density at radius 3 is 2.38 bits per heavy atom. The molecule has 9 heteroatoms. The molecular weight excluding hydrogens is 513 g/mol. The molecule has 0 saturated carbocycles. The van der Waals surface area contributed by atoms with Crippen LogP contribution in [0, 0.1) is 12.3 Å². The summed E-state index contributed by atoms with van der Waals surface area (Å²) in [5, 5.41) is 6.74. The van der Waals surface area contributed by atoms with Crippen molar-refractivity contribution in [3.8, 4) is 5.75 Å². The van der Waals surface area contributed by atoms with Gasteiger partial charge in [-0.15, -0.1) is 0 Å². The van der Waals surface area contributed by atoms with Crippen LogP contribution in [-0.4, -0.2) is 55.4 Å². The van der Waals surface area contributed by atoms with E-state index in [1.54, 1.807) is 29.2 Å². The second-order valence-corrected chi connectivity index (χ2v) is 10.7. The molecule has 1 fully saturated rings. The quantitative estimate of drug-likeness (QED) is 0.526. The molecule has 1 saturated heterocycles. The number of ether oxygens (including phenoxy) is 1. The van der Waals surface area contributed by atoms with E-state index in [2.05, 4.69) is 10.6 Å². The first kappa shape index (κ1) is 27.3. The second-order valence-electron chi connectivity index (χ2n) is 9.84. The summed E-state index contributed by atoms with van der Waals surface area (Å²) in [4.78, 5) is 41.0. The van der Waals surface area contributed by atoms with Crippen molar-refractivity contribution < 1.29 is 19.1 Å². The molecular formula is C28H33Cl2N3O4. The van der Waals surface area contributed by atoms with Crippen LogP contribution >= 0.6 is 23.2 Å². The minimum absolute atomic E-state index is 0.0190. The van der Waals surface area contributed by atoms with Gasteiger partial charge in [-0.25, -0.2) is 0 Å². The molecule has 37 heavy (non-hydrogen) atoms. The molecule has 4 rings (SSSR count). The van der Waals surface area contributed by atoms with Crippen LogP contribution in [0.2, 0.25) is 10.0 Å². The highest BCUT2D eigenvalue weighted by Gasteiger charge is 2.42. The van der Waals surface area contributed by atoms with Gasteiger partial charge in [-0.1, -0.05) is 41.8 Å². The molecule has 0 radical (unpaired) electrons. The van der Waals surface area contributed by atoms with Crippen LogP contribution < -0.4 is 15.4 Å². The zero-order valence-corrected chi connectivity index (χ0v) is 22.6. The third kappa shape index (κ3) is 6.39. The van der Waals surface area contributed by atoms with Gasteiger partial charge in [-0.3, -0.25) is 14.4 Å². The van der Waals surface area contributed by atoms with Gasteiger partial charge in [0.05, 0.1) is 33.2 Å². The summed E-state index contributed by atoms with van der Waals surface area (Å²) < 4.78 is 5.91. The lowest BCUT2D eigenvalue weighted by Gasteiger charge is -2.41. The molecule has 7 nitrogen and oxygen atoms in total. The molecule has 198 valence electrons. The number of nitrogens with one attached hydrogen (secondary N) is 2. The Morgan fingerprint density at radius 1 is 0.946 bits per heavy atom. The summed E-state index contributed by atoms with van der Waals surface area (Å²) in [5.74, 6) is 0.216. The average Bonchev–Trinajstić information content (AvgIpc) is 2.88. The van der Waals surface area contributed by atoms with Crippen molar-refractivity contribution in [3.63, 3.8) is 0 Å². The lowest BCUT2D eigenvalue weighted by Crippen LogP contribution is -2.50. The molecule has 0 unspecified atom stereocenters. The van der Waals surface area contributed by atoms with Gasteiger partial charge in [0.1, 0.15) is 5.75 Å². The van der Waals surface area contributed by atoms with Crippen LogP contribution in [-0.2, 0) is 4.79 Å². The Bertz CT molecular complexity index is 1140. The topological polar surface area (TPSA) is 87.7 Å². The van der Waals surface area contributed by atoms with Crippen LogP contribution in [0.15, 0.2) is 36.4 Å². The Kier molecular flexibility index (Phi) is 8.98. The monoisotopic (exact) mass is 545 g/mol. The van der Waals surface area contributed by atoms with Crippen molar-refractivity contribution in [3.05, 3.63) is 63.1 Å². The highest BCUT2D eigenvalue weighted by molar-refractivity contribution is 6.39. The normalized spacial score (nSPS) is 19.1. The number of fused-ring (bicyclic) bond motifs is 1. The van der Waals surface area contributed by atoms with Gasteiger partial charge in [0.2, 0.25) is 5.91 Å². The number of carbonyl (C=O) groups is 3. The molecule has 0 bridgehead atoms. The number of amides is 3. The van der Waals surface area contributed by atoms with E-state index in [-0.39, 0.29) is 17.7 Å². The average molecular weight is 546 g/mol. The van der Waals surface area contributed by atoms with Crippen molar-refractivity contribution in [2.45, 2.75) is 45.4 Å². The van der Waals surface area contributed by atoms with E-state index in [1.807, 2.05) is 19.1 Å². The number of nitrogens with zero attached hydrogens (tertiary/aromatic N) is 1. The van der Waals surface area contributed by atoms with Gasteiger partial charge < -0.3 is 20.3 Å². The Labute approximate surface area is 227 Å². The van der Waals surface area contributed by atoms with Crippen molar-refractivity contribution >= 4 is 40.9 Å². The molecule has 3 amide bonds. The highest BCUT2D eigenvalue weighted by atomic mass is 35.5. The third-order valence-electron chi connectivity index (χ3n) is 7.28.